The minimum absolute atomic E-state index is 0.0818. The summed E-state index contributed by atoms with van der Waals surface area (Å²) in [6.45, 7) is 10.9. The molecule has 0 aliphatic carbocycles. The number of amidine groups is 1. The van der Waals surface area contributed by atoms with Gasteiger partial charge in [-0.05, 0) is 58.4 Å². The molecule has 7 nitrogen and oxygen atoms in total. The van der Waals surface area contributed by atoms with E-state index in [2.05, 4.69) is 17.9 Å². The molecular formula is C23H35ClN4O3. The Balaban J connectivity index is 1.87. The Morgan fingerprint density at radius 3 is 2.45 bits per heavy atom. The van der Waals surface area contributed by atoms with Crippen LogP contribution < -0.4 is 0 Å². The Labute approximate surface area is 190 Å². The van der Waals surface area contributed by atoms with E-state index < -0.39 is 5.60 Å². The Hall–Kier alpha value is -2.02. The topological polar surface area (TPSA) is 65.5 Å². The lowest BCUT2D eigenvalue weighted by Crippen LogP contribution is -2.62. The van der Waals surface area contributed by atoms with E-state index in [1.54, 1.807) is 9.80 Å². The van der Waals surface area contributed by atoms with E-state index in [1.807, 2.05) is 34.7 Å². The van der Waals surface area contributed by atoms with Crippen molar-refractivity contribution < 1.29 is 14.3 Å². The molecule has 0 aromatic rings. The molecule has 2 saturated heterocycles. The lowest BCUT2D eigenvalue weighted by atomic mass is 9.96. The molecule has 172 valence electrons. The van der Waals surface area contributed by atoms with Crippen LogP contribution in [-0.2, 0) is 9.53 Å². The second-order valence-corrected chi connectivity index (χ2v) is 9.76. The average molecular weight is 451 g/mol. The number of likely N-dealkylation sites (N-methyl/N-ethyl adjacent to an activating group) is 1. The van der Waals surface area contributed by atoms with E-state index in [4.69, 9.17) is 21.3 Å². The van der Waals surface area contributed by atoms with Crippen LogP contribution in [0.3, 0.4) is 0 Å². The molecule has 1 unspecified atom stereocenters. The number of amides is 2. The highest BCUT2D eigenvalue weighted by molar-refractivity contribution is 6.31. The number of hydrogen-bond acceptors (Lipinski definition) is 5. The molecule has 0 spiro atoms. The van der Waals surface area contributed by atoms with Crippen molar-refractivity contribution in [2.24, 2.45) is 4.99 Å². The summed E-state index contributed by atoms with van der Waals surface area (Å²) in [4.78, 5) is 36.1. The molecule has 2 fully saturated rings. The summed E-state index contributed by atoms with van der Waals surface area (Å²) in [6, 6.07) is -0.178. The number of nitrogens with zero attached hydrogens (tertiary/aromatic N) is 4. The minimum atomic E-state index is -0.514. The Morgan fingerprint density at radius 2 is 1.90 bits per heavy atom. The maximum absolute atomic E-state index is 13.2. The molecule has 3 rings (SSSR count). The molecule has 0 aromatic heterocycles. The van der Waals surface area contributed by atoms with Gasteiger partial charge in [-0.3, -0.25) is 4.79 Å². The first-order valence-corrected chi connectivity index (χ1v) is 11.7. The van der Waals surface area contributed by atoms with E-state index in [0.29, 0.717) is 31.1 Å². The first kappa shape index (κ1) is 23.6. The molecule has 3 aliphatic heterocycles. The summed E-state index contributed by atoms with van der Waals surface area (Å²) in [6.07, 6.45) is 5.49. The van der Waals surface area contributed by atoms with Gasteiger partial charge >= 0.3 is 6.09 Å². The highest BCUT2D eigenvalue weighted by Gasteiger charge is 2.43. The smallest absolute Gasteiger partial charge is 0.410 e. The molecule has 3 heterocycles. The molecule has 31 heavy (non-hydrogen) atoms. The van der Waals surface area contributed by atoms with Crippen LogP contribution in [-0.4, -0.2) is 70.4 Å². The maximum Gasteiger partial charge on any atom is 0.410 e. The number of piperazine rings is 1. The van der Waals surface area contributed by atoms with Crippen molar-refractivity contribution in [3.63, 3.8) is 0 Å². The van der Waals surface area contributed by atoms with Gasteiger partial charge < -0.3 is 19.4 Å². The molecule has 0 aromatic carbocycles. The van der Waals surface area contributed by atoms with Crippen LogP contribution >= 0.6 is 11.6 Å². The van der Waals surface area contributed by atoms with Crippen molar-refractivity contribution in [1.82, 2.24) is 14.7 Å². The van der Waals surface area contributed by atoms with Crippen LogP contribution in [0.15, 0.2) is 27.5 Å². The number of hydrogen-bond donors (Lipinski definition) is 0. The van der Waals surface area contributed by atoms with Crippen molar-refractivity contribution in [1.29, 1.82) is 0 Å². The molecule has 1 atom stereocenters. The number of carbonyl (C=O) groups is 2. The van der Waals surface area contributed by atoms with Gasteiger partial charge in [-0.2, -0.15) is 0 Å². The Bertz CT molecular complexity index is 819. The van der Waals surface area contributed by atoms with Gasteiger partial charge in [0.05, 0.1) is 5.70 Å². The van der Waals surface area contributed by atoms with Gasteiger partial charge in [-0.1, -0.05) is 31.5 Å². The lowest BCUT2D eigenvalue weighted by Gasteiger charge is -2.48. The van der Waals surface area contributed by atoms with Crippen molar-refractivity contribution in [2.45, 2.75) is 84.4 Å². The van der Waals surface area contributed by atoms with Gasteiger partial charge in [0.25, 0.3) is 0 Å². The number of allylic oxidation sites excluding steroid dienone is 2. The molecule has 0 radical (unpaired) electrons. The standard InChI is InChI=1S/C23H35ClN4O3/c1-7-15-9-10-18-20(25-19(15)24)28(17(8-2)21(29)26(18)6)16-11-13-27(14-12-16)22(30)31-23(3,4)5/h10,16-17H,7-9,11-14H2,1-6H3. The summed E-state index contributed by atoms with van der Waals surface area (Å²) in [7, 11) is 1.82. The summed E-state index contributed by atoms with van der Waals surface area (Å²) < 4.78 is 5.53. The van der Waals surface area contributed by atoms with Gasteiger partial charge in [0, 0.05) is 26.2 Å². The van der Waals surface area contributed by atoms with E-state index in [9.17, 15) is 9.59 Å². The van der Waals surface area contributed by atoms with Gasteiger partial charge in [-0.25, -0.2) is 9.79 Å². The van der Waals surface area contributed by atoms with Crippen LogP contribution in [0.5, 0.6) is 0 Å². The summed E-state index contributed by atoms with van der Waals surface area (Å²) in [5, 5.41) is 0.526. The number of ether oxygens (including phenoxy) is 1. The second kappa shape index (κ2) is 9.23. The predicted octanol–water partition coefficient (Wildman–Crippen LogP) is 4.49. The SMILES string of the molecule is CCC1=C(Cl)N=C2C(=CC1)N(C)C(=O)C(CC)N2C1CCN(C(=O)OC(C)(C)C)CC1. The van der Waals surface area contributed by atoms with E-state index in [-0.39, 0.29) is 24.1 Å². The highest BCUT2D eigenvalue weighted by Crippen LogP contribution is 2.34. The normalized spacial score (nSPS) is 23.4. The molecule has 0 saturated carbocycles. The highest BCUT2D eigenvalue weighted by atomic mass is 35.5. The molecule has 0 bridgehead atoms. The van der Waals surface area contributed by atoms with Crippen LogP contribution in [0.2, 0.25) is 0 Å². The van der Waals surface area contributed by atoms with Crippen LogP contribution in [0.25, 0.3) is 0 Å². The summed E-state index contributed by atoms with van der Waals surface area (Å²) in [5.74, 6) is 0.858. The number of aliphatic imine (C=N–C) groups is 1. The minimum Gasteiger partial charge on any atom is -0.444 e. The zero-order valence-electron chi connectivity index (χ0n) is 19.6. The van der Waals surface area contributed by atoms with Crippen LogP contribution in [0.4, 0.5) is 4.79 Å². The van der Waals surface area contributed by atoms with Gasteiger partial charge in [0.2, 0.25) is 5.91 Å². The Morgan fingerprint density at radius 1 is 1.26 bits per heavy atom. The van der Waals surface area contributed by atoms with Gasteiger partial charge in [0.15, 0.2) is 5.84 Å². The third-order valence-corrected chi connectivity index (χ3v) is 6.50. The second-order valence-electron chi connectivity index (χ2n) is 9.40. The first-order valence-electron chi connectivity index (χ1n) is 11.3. The van der Waals surface area contributed by atoms with E-state index in [1.165, 1.54) is 0 Å². The van der Waals surface area contributed by atoms with Gasteiger partial charge in [-0.15, -0.1) is 0 Å². The third kappa shape index (κ3) is 4.92. The Kier molecular flexibility index (Phi) is 7.04. The van der Waals surface area contributed by atoms with Crippen LogP contribution in [0, 0.1) is 0 Å². The first-order chi connectivity index (χ1) is 14.6. The number of carbonyl (C=O) groups excluding carboxylic acids is 2. The molecular weight excluding hydrogens is 416 g/mol. The fourth-order valence-corrected chi connectivity index (χ4v) is 4.74. The molecule has 2 amide bonds. The molecule has 0 N–H and O–H groups in total. The molecule has 3 aliphatic rings. The quantitative estimate of drug-likeness (QED) is 0.594. The van der Waals surface area contributed by atoms with Crippen molar-refractivity contribution in [3.8, 4) is 0 Å². The molecule has 8 heteroatoms. The summed E-state index contributed by atoms with van der Waals surface area (Å²) >= 11 is 6.57. The predicted molar refractivity (Wildman–Crippen MR) is 123 cm³/mol. The van der Waals surface area contributed by atoms with E-state index in [0.717, 1.165) is 36.4 Å². The summed E-state index contributed by atoms with van der Waals surface area (Å²) in [5.41, 5.74) is 1.38. The van der Waals surface area contributed by atoms with Gasteiger partial charge in [0.1, 0.15) is 16.8 Å². The van der Waals surface area contributed by atoms with Crippen molar-refractivity contribution >= 4 is 29.4 Å². The monoisotopic (exact) mass is 450 g/mol. The van der Waals surface area contributed by atoms with E-state index >= 15 is 0 Å². The number of likely N-dealkylation sites (tertiary alicyclic amines) is 1. The van der Waals surface area contributed by atoms with Crippen LogP contribution in [0.1, 0.15) is 66.7 Å². The lowest BCUT2D eigenvalue weighted by molar-refractivity contribution is -0.134. The van der Waals surface area contributed by atoms with Crippen molar-refractivity contribution in [3.05, 3.63) is 22.5 Å². The third-order valence-electron chi connectivity index (χ3n) is 6.15. The number of rotatable bonds is 3. The number of fused-ring (bicyclic) bond motifs is 1. The number of piperidine rings is 1. The van der Waals surface area contributed by atoms with Crippen molar-refractivity contribution in [2.75, 3.05) is 20.1 Å². The number of halogens is 1. The fourth-order valence-electron chi connectivity index (χ4n) is 4.45. The average Bonchev–Trinajstić information content (AvgIpc) is 2.87. The largest absolute Gasteiger partial charge is 0.444 e. The zero-order valence-corrected chi connectivity index (χ0v) is 20.3. The zero-order chi connectivity index (χ0) is 22.9. The fraction of sp³-hybridized carbons (Fsp3) is 0.696. The maximum atomic E-state index is 13.2.